The Bertz CT molecular complexity index is 624. The zero-order chi connectivity index (χ0) is 15.7. The largest absolute Gasteiger partial charge is 0.409 e. The maximum Gasteiger partial charge on any atom is 0.245 e. The molecule has 0 unspecified atom stereocenters. The molecule has 0 atom stereocenters. The SMILES string of the molecule is Cc1n[nH]c(C)c1S(=O)(=O)NC1(/C(N)=N/O)CCCCC1. The van der Waals surface area contributed by atoms with Crippen molar-refractivity contribution in [2.75, 3.05) is 0 Å². The minimum Gasteiger partial charge on any atom is -0.409 e. The summed E-state index contributed by atoms with van der Waals surface area (Å²) in [5.74, 6) is -0.0930. The topological polar surface area (TPSA) is 133 Å². The van der Waals surface area contributed by atoms with Gasteiger partial charge in [-0.2, -0.15) is 9.82 Å². The summed E-state index contributed by atoms with van der Waals surface area (Å²) in [5.41, 5.74) is 5.60. The lowest BCUT2D eigenvalue weighted by Crippen LogP contribution is -2.58. The fourth-order valence-corrected chi connectivity index (χ4v) is 4.71. The highest BCUT2D eigenvalue weighted by Gasteiger charge is 2.41. The summed E-state index contributed by atoms with van der Waals surface area (Å²) in [6, 6.07) is 0. The van der Waals surface area contributed by atoms with Crippen LogP contribution in [0.4, 0.5) is 0 Å². The van der Waals surface area contributed by atoms with Crippen molar-refractivity contribution in [2.24, 2.45) is 10.9 Å². The van der Waals surface area contributed by atoms with Gasteiger partial charge in [0.05, 0.1) is 16.9 Å². The van der Waals surface area contributed by atoms with E-state index in [4.69, 9.17) is 10.9 Å². The van der Waals surface area contributed by atoms with Crippen LogP contribution >= 0.6 is 0 Å². The number of aromatic nitrogens is 2. The number of H-pyrrole nitrogens is 1. The summed E-state index contributed by atoms with van der Waals surface area (Å²) in [5, 5.41) is 18.6. The molecule has 1 saturated carbocycles. The maximum absolute atomic E-state index is 12.7. The van der Waals surface area contributed by atoms with Crippen LogP contribution in [0.15, 0.2) is 10.1 Å². The van der Waals surface area contributed by atoms with Gasteiger partial charge in [-0.05, 0) is 26.7 Å². The van der Waals surface area contributed by atoms with Crippen LogP contribution in [0.3, 0.4) is 0 Å². The summed E-state index contributed by atoms with van der Waals surface area (Å²) in [6.45, 7) is 3.26. The third kappa shape index (κ3) is 2.88. The van der Waals surface area contributed by atoms with Crippen LogP contribution in [0, 0.1) is 13.8 Å². The summed E-state index contributed by atoms with van der Waals surface area (Å²) < 4.78 is 28.0. The normalized spacial score (nSPS) is 19.6. The van der Waals surface area contributed by atoms with Crippen LogP contribution in [0.1, 0.15) is 43.5 Å². The van der Waals surface area contributed by atoms with Gasteiger partial charge in [-0.25, -0.2) is 8.42 Å². The molecule has 2 rings (SSSR count). The number of hydrogen-bond donors (Lipinski definition) is 4. The van der Waals surface area contributed by atoms with Crippen LogP contribution in [0.2, 0.25) is 0 Å². The summed E-state index contributed by atoms with van der Waals surface area (Å²) >= 11 is 0. The molecule has 1 aromatic heterocycles. The quantitative estimate of drug-likeness (QED) is 0.282. The molecule has 0 radical (unpaired) electrons. The minimum atomic E-state index is -3.81. The van der Waals surface area contributed by atoms with E-state index in [0.717, 1.165) is 19.3 Å². The Morgan fingerprint density at radius 3 is 2.48 bits per heavy atom. The first kappa shape index (κ1) is 15.8. The highest BCUT2D eigenvalue weighted by atomic mass is 32.2. The van der Waals surface area contributed by atoms with Crippen LogP contribution in [0.25, 0.3) is 0 Å². The minimum absolute atomic E-state index is 0.0930. The van der Waals surface area contributed by atoms with E-state index < -0.39 is 15.6 Å². The number of hydrogen-bond acceptors (Lipinski definition) is 5. The highest BCUT2D eigenvalue weighted by Crippen LogP contribution is 2.31. The van der Waals surface area contributed by atoms with Crippen molar-refractivity contribution in [1.82, 2.24) is 14.9 Å². The van der Waals surface area contributed by atoms with Gasteiger partial charge in [0.2, 0.25) is 10.0 Å². The van der Waals surface area contributed by atoms with Crippen LogP contribution in [-0.4, -0.2) is 35.2 Å². The zero-order valence-corrected chi connectivity index (χ0v) is 13.0. The Labute approximate surface area is 123 Å². The molecule has 9 heteroatoms. The van der Waals surface area contributed by atoms with Crippen molar-refractivity contribution < 1.29 is 13.6 Å². The predicted octanol–water partition coefficient (Wildman–Crippen LogP) is 0.754. The van der Waals surface area contributed by atoms with Gasteiger partial charge in [0.1, 0.15) is 4.90 Å². The number of aromatic amines is 1. The van der Waals surface area contributed by atoms with Crippen LogP contribution < -0.4 is 10.5 Å². The van der Waals surface area contributed by atoms with E-state index in [0.29, 0.717) is 24.2 Å². The number of amidine groups is 1. The fourth-order valence-electron chi connectivity index (χ4n) is 2.91. The van der Waals surface area contributed by atoms with Crippen molar-refractivity contribution in [3.63, 3.8) is 0 Å². The highest BCUT2D eigenvalue weighted by molar-refractivity contribution is 7.89. The number of sulfonamides is 1. The van der Waals surface area contributed by atoms with Gasteiger partial charge < -0.3 is 10.9 Å². The molecular weight excluding hydrogens is 294 g/mol. The van der Waals surface area contributed by atoms with Crippen molar-refractivity contribution in [2.45, 2.75) is 56.4 Å². The Kier molecular flexibility index (Phi) is 4.24. The maximum atomic E-state index is 12.7. The van der Waals surface area contributed by atoms with Crippen LogP contribution in [-0.2, 0) is 10.0 Å². The second-order valence-electron chi connectivity index (χ2n) is 5.50. The van der Waals surface area contributed by atoms with Gasteiger partial charge >= 0.3 is 0 Å². The van der Waals surface area contributed by atoms with Gasteiger partial charge in [0.15, 0.2) is 5.84 Å². The third-order valence-corrected chi connectivity index (χ3v) is 5.76. The molecule has 0 aromatic carbocycles. The molecule has 0 spiro atoms. The van der Waals surface area contributed by atoms with E-state index in [-0.39, 0.29) is 10.7 Å². The second kappa shape index (κ2) is 5.64. The third-order valence-electron chi connectivity index (χ3n) is 3.96. The molecule has 118 valence electrons. The molecule has 1 aliphatic carbocycles. The van der Waals surface area contributed by atoms with E-state index >= 15 is 0 Å². The molecule has 1 aromatic rings. The zero-order valence-electron chi connectivity index (χ0n) is 12.2. The number of aryl methyl sites for hydroxylation is 2. The average molecular weight is 315 g/mol. The lowest BCUT2D eigenvalue weighted by atomic mass is 9.82. The molecule has 8 nitrogen and oxygen atoms in total. The average Bonchev–Trinajstić information content (AvgIpc) is 2.78. The monoisotopic (exact) mass is 315 g/mol. The Morgan fingerprint density at radius 1 is 1.38 bits per heavy atom. The van der Waals surface area contributed by atoms with Crippen molar-refractivity contribution >= 4 is 15.9 Å². The van der Waals surface area contributed by atoms with Gasteiger partial charge in [-0.15, -0.1) is 0 Å². The van der Waals surface area contributed by atoms with E-state index in [1.54, 1.807) is 13.8 Å². The summed E-state index contributed by atoms with van der Waals surface area (Å²) in [7, 11) is -3.81. The Morgan fingerprint density at radius 2 is 2.00 bits per heavy atom. The first-order chi connectivity index (χ1) is 9.82. The van der Waals surface area contributed by atoms with Crippen molar-refractivity contribution in [1.29, 1.82) is 0 Å². The van der Waals surface area contributed by atoms with Gasteiger partial charge in [0, 0.05) is 0 Å². The predicted molar refractivity (Wildman–Crippen MR) is 77.6 cm³/mol. The molecule has 0 bridgehead atoms. The molecule has 1 fully saturated rings. The van der Waals surface area contributed by atoms with Crippen molar-refractivity contribution in [3.8, 4) is 0 Å². The molecule has 21 heavy (non-hydrogen) atoms. The molecule has 0 aliphatic heterocycles. The molecule has 5 N–H and O–H groups in total. The van der Waals surface area contributed by atoms with Gasteiger partial charge in [0.25, 0.3) is 0 Å². The standard InChI is InChI=1S/C12H21N5O3S/c1-8-10(9(2)15-14-8)21(19,20)17-12(11(13)16-18)6-4-3-5-7-12/h17-18H,3-7H2,1-2H3,(H2,13,16)(H,14,15). The molecule has 0 saturated heterocycles. The van der Waals surface area contributed by atoms with E-state index in [2.05, 4.69) is 20.1 Å². The van der Waals surface area contributed by atoms with Crippen molar-refractivity contribution in [3.05, 3.63) is 11.4 Å². The Balaban J connectivity index is 2.41. The van der Waals surface area contributed by atoms with Gasteiger partial charge in [-0.3, -0.25) is 5.10 Å². The first-order valence-corrected chi connectivity index (χ1v) is 8.34. The van der Waals surface area contributed by atoms with Gasteiger partial charge in [-0.1, -0.05) is 24.4 Å². The number of rotatable bonds is 4. The molecule has 0 amide bonds. The number of nitrogens with one attached hydrogen (secondary N) is 2. The fraction of sp³-hybridized carbons (Fsp3) is 0.667. The smallest absolute Gasteiger partial charge is 0.245 e. The summed E-state index contributed by atoms with van der Waals surface area (Å²) in [4.78, 5) is 0.123. The van der Waals surface area contributed by atoms with E-state index in [1.165, 1.54) is 0 Å². The summed E-state index contributed by atoms with van der Waals surface area (Å²) in [6.07, 6.45) is 3.67. The second-order valence-corrected chi connectivity index (χ2v) is 7.12. The number of nitrogens with zero attached hydrogens (tertiary/aromatic N) is 2. The number of oxime groups is 1. The van der Waals surface area contributed by atoms with E-state index in [1.807, 2.05) is 0 Å². The van der Waals surface area contributed by atoms with Crippen LogP contribution in [0.5, 0.6) is 0 Å². The lowest BCUT2D eigenvalue weighted by Gasteiger charge is -2.36. The molecule has 1 heterocycles. The van der Waals surface area contributed by atoms with E-state index in [9.17, 15) is 8.42 Å². The number of nitrogens with two attached hydrogens (primary N) is 1. The molecule has 1 aliphatic rings. The lowest BCUT2D eigenvalue weighted by molar-refractivity contribution is 0.294. The first-order valence-electron chi connectivity index (χ1n) is 6.86. The molecular formula is C12H21N5O3S. The Hall–Kier alpha value is -1.61.